The Morgan fingerprint density at radius 3 is 2.80 bits per heavy atom. The van der Waals surface area contributed by atoms with Gasteiger partial charge in [0.25, 0.3) is 0 Å². The van der Waals surface area contributed by atoms with E-state index in [0.717, 1.165) is 36.6 Å². The molecular formula is C18H21N5O2. The zero-order chi connectivity index (χ0) is 17.4. The minimum atomic E-state index is -0.313. The molecule has 0 bridgehead atoms. The standard InChI is InChI=1S/C18H21N5O2/c1-2-15-20-14-10-6-5-9-13(14)17-21-22(18(25)23(15)17)11-16(24)19-12-7-3-4-8-12/h5-6,9-10,12H,2-4,7-8,11H2,1H3,(H,19,24). The fourth-order valence-electron chi connectivity index (χ4n) is 3.58. The quantitative estimate of drug-likeness (QED) is 0.784. The van der Waals surface area contributed by atoms with E-state index in [4.69, 9.17) is 0 Å². The minimum Gasteiger partial charge on any atom is -0.352 e. The second-order valence-corrected chi connectivity index (χ2v) is 6.55. The number of amides is 1. The number of nitrogens with zero attached hydrogens (tertiary/aromatic N) is 4. The van der Waals surface area contributed by atoms with Crippen molar-refractivity contribution in [1.82, 2.24) is 24.5 Å². The summed E-state index contributed by atoms with van der Waals surface area (Å²) in [6, 6.07) is 7.84. The van der Waals surface area contributed by atoms with Crippen molar-refractivity contribution in [3.63, 3.8) is 0 Å². The smallest absolute Gasteiger partial charge is 0.352 e. The Balaban J connectivity index is 1.75. The molecule has 1 amide bonds. The van der Waals surface area contributed by atoms with Crippen LogP contribution in [0.3, 0.4) is 0 Å². The molecule has 7 heteroatoms. The number of carbonyl (C=O) groups excluding carboxylic acids is 1. The summed E-state index contributed by atoms with van der Waals surface area (Å²) in [6.07, 6.45) is 4.94. The second kappa shape index (κ2) is 6.31. The van der Waals surface area contributed by atoms with Gasteiger partial charge in [0.1, 0.15) is 12.4 Å². The molecule has 1 saturated carbocycles. The number of fused-ring (bicyclic) bond motifs is 3. The molecule has 2 heterocycles. The van der Waals surface area contributed by atoms with Crippen LogP contribution in [-0.2, 0) is 17.8 Å². The van der Waals surface area contributed by atoms with Crippen molar-refractivity contribution in [1.29, 1.82) is 0 Å². The SMILES string of the molecule is CCc1nc2ccccc2c2nn(CC(=O)NC3CCCC3)c(=O)n12. The Morgan fingerprint density at radius 2 is 2.04 bits per heavy atom. The number of para-hydroxylation sites is 1. The van der Waals surface area contributed by atoms with Crippen LogP contribution < -0.4 is 11.0 Å². The van der Waals surface area contributed by atoms with E-state index >= 15 is 0 Å². The lowest BCUT2D eigenvalue weighted by Gasteiger charge is -2.11. The third-order valence-electron chi connectivity index (χ3n) is 4.82. The van der Waals surface area contributed by atoms with Crippen molar-refractivity contribution < 1.29 is 4.79 Å². The number of aromatic nitrogens is 4. The van der Waals surface area contributed by atoms with Crippen LogP contribution in [0.15, 0.2) is 29.1 Å². The van der Waals surface area contributed by atoms with Gasteiger partial charge in [0.15, 0.2) is 5.65 Å². The van der Waals surface area contributed by atoms with Gasteiger partial charge >= 0.3 is 5.69 Å². The first-order valence-electron chi connectivity index (χ1n) is 8.84. The summed E-state index contributed by atoms with van der Waals surface area (Å²) in [7, 11) is 0. The van der Waals surface area contributed by atoms with Crippen molar-refractivity contribution in [3.8, 4) is 0 Å². The molecule has 130 valence electrons. The van der Waals surface area contributed by atoms with Crippen molar-refractivity contribution >= 4 is 22.5 Å². The molecule has 1 aliphatic carbocycles. The number of aryl methyl sites for hydroxylation is 1. The highest BCUT2D eigenvalue weighted by Gasteiger charge is 2.20. The molecule has 2 aromatic heterocycles. The largest absolute Gasteiger partial charge is 0.352 e. The van der Waals surface area contributed by atoms with E-state index in [2.05, 4.69) is 15.4 Å². The van der Waals surface area contributed by atoms with Gasteiger partial charge in [0, 0.05) is 17.8 Å². The first-order chi connectivity index (χ1) is 12.2. The molecular weight excluding hydrogens is 318 g/mol. The van der Waals surface area contributed by atoms with Crippen LogP contribution in [0.2, 0.25) is 0 Å². The average Bonchev–Trinajstić information content (AvgIpc) is 3.23. The lowest BCUT2D eigenvalue weighted by molar-refractivity contribution is -0.122. The van der Waals surface area contributed by atoms with Gasteiger partial charge in [-0.1, -0.05) is 31.9 Å². The van der Waals surface area contributed by atoms with Crippen LogP contribution in [0.5, 0.6) is 0 Å². The third kappa shape index (κ3) is 2.79. The maximum atomic E-state index is 12.8. The Kier molecular flexibility index (Phi) is 3.99. The molecule has 0 atom stereocenters. The van der Waals surface area contributed by atoms with Crippen LogP contribution in [0.4, 0.5) is 0 Å². The summed E-state index contributed by atoms with van der Waals surface area (Å²) in [5, 5.41) is 8.24. The van der Waals surface area contributed by atoms with E-state index < -0.39 is 0 Å². The number of carbonyl (C=O) groups is 1. The first kappa shape index (κ1) is 15.8. The highest BCUT2D eigenvalue weighted by atomic mass is 16.2. The molecule has 0 aliphatic heterocycles. The average molecular weight is 339 g/mol. The summed E-state index contributed by atoms with van der Waals surface area (Å²) in [5.41, 5.74) is 1.05. The summed E-state index contributed by atoms with van der Waals surface area (Å²) in [6.45, 7) is 1.89. The molecule has 4 rings (SSSR count). The molecule has 7 nitrogen and oxygen atoms in total. The molecule has 0 unspecified atom stereocenters. The second-order valence-electron chi connectivity index (χ2n) is 6.55. The maximum Gasteiger partial charge on any atom is 0.352 e. The number of nitrogens with one attached hydrogen (secondary N) is 1. The molecule has 1 N–H and O–H groups in total. The lowest BCUT2D eigenvalue weighted by Crippen LogP contribution is -2.37. The van der Waals surface area contributed by atoms with Gasteiger partial charge in [0.2, 0.25) is 5.91 Å². The Hall–Kier alpha value is -2.70. The summed E-state index contributed by atoms with van der Waals surface area (Å²) < 4.78 is 2.76. The summed E-state index contributed by atoms with van der Waals surface area (Å²) in [5.74, 6) is 0.494. The highest BCUT2D eigenvalue weighted by Crippen LogP contribution is 2.18. The van der Waals surface area contributed by atoms with E-state index in [9.17, 15) is 9.59 Å². The molecule has 1 aromatic carbocycles. The zero-order valence-electron chi connectivity index (χ0n) is 14.2. The van der Waals surface area contributed by atoms with Crippen molar-refractivity contribution in [3.05, 3.63) is 40.6 Å². The molecule has 25 heavy (non-hydrogen) atoms. The van der Waals surface area contributed by atoms with Crippen LogP contribution in [-0.4, -0.2) is 31.1 Å². The summed E-state index contributed by atoms with van der Waals surface area (Å²) in [4.78, 5) is 29.6. The van der Waals surface area contributed by atoms with Gasteiger partial charge in [0.05, 0.1) is 5.52 Å². The van der Waals surface area contributed by atoms with Crippen LogP contribution >= 0.6 is 0 Å². The molecule has 0 spiro atoms. The van der Waals surface area contributed by atoms with E-state index in [1.807, 2.05) is 31.2 Å². The molecule has 0 saturated heterocycles. The molecule has 0 radical (unpaired) electrons. The highest BCUT2D eigenvalue weighted by molar-refractivity contribution is 5.91. The lowest BCUT2D eigenvalue weighted by atomic mass is 10.2. The molecule has 1 aliphatic rings. The topological polar surface area (TPSA) is 81.3 Å². The fourth-order valence-corrected chi connectivity index (χ4v) is 3.58. The number of hydrogen-bond donors (Lipinski definition) is 1. The predicted molar refractivity (Wildman–Crippen MR) is 94.5 cm³/mol. The van der Waals surface area contributed by atoms with Crippen LogP contribution in [0, 0.1) is 0 Å². The number of benzene rings is 1. The Morgan fingerprint density at radius 1 is 1.28 bits per heavy atom. The van der Waals surface area contributed by atoms with Crippen molar-refractivity contribution in [2.24, 2.45) is 0 Å². The molecule has 3 aromatic rings. The zero-order valence-corrected chi connectivity index (χ0v) is 14.2. The van der Waals surface area contributed by atoms with E-state index in [0.29, 0.717) is 17.9 Å². The van der Waals surface area contributed by atoms with Gasteiger partial charge in [-0.05, 0) is 25.0 Å². The van der Waals surface area contributed by atoms with Crippen LogP contribution in [0.1, 0.15) is 38.4 Å². The van der Waals surface area contributed by atoms with Gasteiger partial charge < -0.3 is 5.32 Å². The van der Waals surface area contributed by atoms with Gasteiger partial charge in [-0.15, -0.1) is 5.10 Å². The van der Waals surface area contributed by atoms with E-state index in [-0.39, 0.29) is 24.2 Å². The molecule has 1 fully saturated rings. The predicted octanol–water partition coefficient (Wildman–Crippen LogP) is 1.67. The third-order valence-corrected chi connectivity index (χ3v) is 4.82. The van der Waals surface area contributed by atoms with Crippen LogP contribution in [0.25, 0.3) is 16.6 Å². The van der Waals surface area contributed by atoms with E-state index in [1.54, 1.807) is 0 Å². The van der Waals surface area contributed by atoms with E-state index in [1.165, 1.54) is 9.08 Å². The number of hydrogen-bond acceptors (Lipinski definition) is 4. The fraction of sp³-hybridized carbons (Fsp3) is 0.444. The normalized spacial score (nSPS) is 15.2. The van der Waals surface area contributed by atoms with Gasteiger partial charge in [-0.3, -0.25) is 4.79 Å². The first-order valence-corrected chi connectivity index (χ1v) is 8.84. The maximum absolute atomic E-state index is 12.8. The van der Waals surface area contributed by atoms with Crippen molar-refractivity contribution in [2.75, 3.05) is 0 Å². The van der Waals surface area contributed by atoms with Gasteiger partial charge in [-0.2, -0.15) is 0 Å². The Labute approximate surface area is 144 Å². The Bertz CT molecular complexity index is 998. The monoisotopic (exact) mass is 339 g/mol. The summed E-state index contributed by atoms with van der Waals surface area (Å²) >= 11 is 0. The van der Waals surface area contributed by atoms with Crippen molar-refractivity contribution in [2.45, 2.75) is 51.6 Å². The van der Waals surface area contributed by atoms with Gasteiger partial charge in [-0.25, -0.2) is 18.9 Å². The number of rotatable bonds is 4. The minimum absolute atomic E-state index is 0.0610.